The van der Waals surface area contributed by atoms with Crippen LogP contribution in [-0.4, -0.2) is 101 Å². The van der Waals surface area contributed by atoms with Crippen molar-refractivity contribution in [1.82, 2.24) is 9.80 Å². The van der Waals surface area contributed by atoms with E-state index in [0.717, 1.165) is 36.5 Å². The van der Waals surface area contributed by atoms with Gasteiger partial charge in [0.15, 0.2) is 0 Å². The number of hydrogen-bond donors (Lipinski definition) is 1. The maximum absolute atomic E-state index is 11.9. The van der Waals surface area contributed by atoms with Crippen molar-refractivity contribution in [2.45, 2.75) is 33.5 Å². The monoisotopic (exact) mass is 762 g/mol. The molecule has 2 saturated heterocycles. The van der Waals surface area contributed by atoms with Crippen molar-refractivity contribution >= 4 is 65.2 Å². The van der Waals surface area contributed by atoms with Gasteiger partial charge in [-0.3, -0.25) is 4.18 Å². The summed E-state index contributed by atoms with van der Waals surface area (Å²) < 4.78 is 55.9. The number of carbonyl (C=O) groups is 2. The highest BCUT2D eigenvalue weighted by atomic mass is 35.7. The van der Waals surface area contributed by atoms with Gasteiger partial charge < -0.3 is 24.4 Å². The van der Waals surface area contributed by atoms with Crippen molar-refractivity contribution in [3.8, 4) is 0 Å². The molecule has 2 fully saturated rings. The minimum absolute atomic E-state index is 0. The zero-order valence-electron chi connectivity index (χ0n) is 25.7. The molecule has 0 unspecified atom stereocenters. The average molecular weight is 764 g/mol. The van der Waals surface area contributed by atoms with E-state index >= 15 is 0 Å². The molecule has 4 rings (SSSR count). The summed E-state index contributed by atoms with van der Waals surface area (Å²) in [4.78, 5) is 26.9. The first-order valence-corrected chi connectivity index (χ1v) is 19.6. The molecule has 2 aromatic rings. The molecule has 2 aliphatic heterocycles. The Hall–Kier alpha value is -2.33. The molecule has 12 nitrogen and oxygen atoms in total. The Kier molecular flexibility index (Phi) is 22.7. The summed E-state index contributed by atoms with van der Waals surface area (Å²) in [6.07, 6.45) is 2.86. The number of hydrogen-bond acceptors (Lipinski definition) is 10. The van der Waals surface area contributed by atoms with Crippen LogP contribution in [0, 0.1) is 11.8 Å². The normalized spacial score (nSPS) is 17.0. The molecule has 0 aliphatic carbocycles. The Morgan fingerprint density at radius 3 is 1.49 bits per heavy atom. The van der Waals surface area contributed by atoms with Crippen molar-refractivity contribution in [2.75, 3.05) is 57.2 Å². The fraction of sp³-hybridized carbons (Fsp3) is 0.533. The van der Waals surface area contributed by atoms with Crippen molar-refractivity contribution < 1.29 is 45.2 Å². The Morgan fingerprint density at radius 2 is 1.15 bits per heavy atom. The molecule has 2 amide bonds. The lowest BCUT2D eigenvalue weighted by Crippen LogP contribution is -2.30. The molecule has 2 heterocycles. The number of alkyl halides is 2. The maximum atomic E-state index is 11.9. The number of benzene rings is 2. The third-order valence-corrected chi connectivity index (χ3v) is 6.84. The Bertz CT molecular complexity index is 1360. The number of aliphatic hydroxyl groups is 1. The number of amides is 2. The van der Waals surface area contributed by atoms with Gasteiger partial charge in [0.2, 0.25) is 9.05 Å². The molecule has 0 spiro atoms. The molecule has 47 heavy (non-hydrogen) atoms. The van der Waals surface area contributed by atoms with E-state index in [-0.39, 0.29) is 56.6 Å². The molecule has 17 heteroatoms. The Balaban J connectivity index is 0.000000730. The first kappa shape index (κ1) is 44.7. The van der Waals surface area contributed by atoms with Crippen LogP contribution in [0.2, 0.25) is 0 Å². The maximum Gasteiger partial charge on any atom is 0.410 e. The van der Waals surface area contributed by atoms with E-state index in [4.69, 9.17) is 42.0 Å². The van der Waals surface area contributed by atoms with E-state index < -0.39 is 19.2 Å². The van der Waals surface area contributed by atoms with E-state index in [1.54, 1.807) is 9.80 Å². The van der Waals surface area contributed by atoms with Crippen LogP contribution in [0.25, 0.3) is 0 Å². The summed E-state index contributed by atoms with van der Waals surface area (Å²) in [5.74, 6) is 0.239. The third-order valence-electron chi connectivity index (χ3n) is 6.27. The number of likely N-dealkylation sites (tertiary alicyclic amines) is 2. The lowest BCUT2D eigenvalue weighted by molar-refractivity contribution is 0.101. The number of aliphatic hydroxyl groups excluding tert-OH is 1. The van der Waals surface area contributed by atoms with Gasteiger partial charge in [-0.1, -0.05) is 68.1 Å². The van der Waals surface area contributed by atoms with Crippen LogP contribution in [0.1, 0.15) is 31.4 Å². The van der Waals surface area contributed by atoms with Crippen molar-refractivity contribution in [1.29, 1.82) is 0 Å². The van der Waals surface area contributed by atoms with Crippen LogP contribution in [0.15, 0.2) is 60.7 Å². The lowest BCUT2D eigenvalue weighted by Gasteiger charge is -2.16. The van der Waals surface area contributed by atoms with Gasteiger partial charge in [-0.25, -0.2) is 18.0 Å². The summed E-state index contributed by atoms with van der Waals surface area (Å²) in [5.41, 5.74) is 1.92. The molecular formula is C30H45Cl3N2O10S2. The average Bonchev–Trinajstić information content (AvgIpc) is 3.69. The van der Waals surface area contributed by atoms with Crippen LogP contribution in [-0.2, 0) is 46.0 Å². The molecule has 2 atom stereocenters. The molecule has 1 N–H and O–H groups in total. The van der Waals surface area contributed by atoms with Gasteiger partial charge in [0.25, 0.3) is 10.1 Å². The summed E-state index contributed by atoms with van der Waals surface area (Å²) in [7, 11) is -2.12. The van der Waals surface area contributed by atoms with Crippen molar-refractivity contribution in [2.24, 2.45) is 11.8 Å². The summed E-state index contributed by atoms with van der Waals surface area (Å²) in [5, 5.41) is 9.19. The standard InChI is InChI=1S/C14H19NO5S.C13H17NO3.CH2Cl2.CH3ClO2S.CH4/c1-21(17,18)20-11-13-7-8-15(9-13)14(16)19-10-12-5-3-2-4-6-12;15-9-12-6-7-14(8-12)13(16)17-10-11-4-2-1-3-5-11;2-1-3;1-5(2,3)4;/h2-6,13H,7-11H2,1H3;1-5,12,15H,6-10H2;1H2;1H3;1H4/t13-;12-;;;/m11.../s1. The number of rotatable bonds is 8. The minimum Gasteiger partial charge on any atom is -0.445 e. The van der Waals surface area contributed by atoms with Gasteiger partial charge in [0.05, 0.1) is 24.5 Å². The topological polar surface area (TPSA) is 157 Å². The molecule has 0 bridgehead atoms. The van der Waals surface area contributed by atoms with Gasteiger partial charge >= 0.3 is 12.2 Å². The van der Waals surface area contributed by atoms with Gasteiger partial charge in [-0.15, -0.1) is 23.2 Å². The number of halogens is 3. The number of ether oxygens (including phenoxy) is 2. The van der Waals surface area contributed by atoms with Crippen LogP contribution >= 0.6 is 33.9 Å². The predicted molar refractivity (Wildman–Crippen MR) is 184 cm³/mol. The highest BCUT2D eigenvalue weighted by Gasteiger charge is 2.28. The molecule has 2 aliphatic rings. The first-order chi connectivity index (χ1) is 21.6. The van der Waals surface area contributed by atoms with Crippen LogP contribution in [0.4, 0.5) is 9.59 Å². The smallest absolute Gasteiger partial charge is 0.410 e. The molecular weight excluding hydrogens is 719 g/mol. The Labute approximate surface area is 293 Å². The molecule has 0 saturated carbocycles. The van der Waals surface area contributed by atoms with E-state index in [0.29, 0.717) is 32.8 Å². The van der Waals surface area contributed by atoms with E-state index in [2.05, 4.69) is 10.7 Å². The second-order valence-electron chi connectivity index (χ2n) is 10.2. The van der Waals surface area contributed by atoms with Crippen molar-refractivity contribution in [3.63, 3.8) is 0 Å². The number of nitrogens with zero attached hydrogens (tertiary/aromatic N) is 2. The van der Waals surface area contributed by atoms with Crippen LogP contribution in [0.5, 0.6) is 0 Å². The molecule has 0 radical (unpaired) electrons. The van der Waals surface area contributed by atoms with Gasteiger partial charge in [0, 0.05) is 55.3 Å². The number of carbonyl (C=O) groups excluding carboxylic acids is 2. The largest absolute Gasteiger partial charge is 0.445 e. The third kappa shape index (κ3) is 22.8. The van der Waals surface area contributed by atoms with Gasteiger partial charge in [-0.2, -0.15) is 8.42 Å². The van der Waals surface area contributed by atoms with Crippen molar-refractivity contribution in [3.05, 3.63) is 71.8 Å². The Morgan fingerprint density at radius 1 is 0.787 bits per heavy atom. The zero-order chi connectivity index (χ0) is 34.6. The molecule has 0 aromatic heterocycles. The van der Waals surface area contributed by atoms with E-state index in [1.807, 2.05) is 60.7 Å². The van der Waals surface area contributed by atoms with Gasteiger partial charge in [0.1, 0.15) is 13.2 Å². The predicted octanol–water partition coefficient (Wildman–Crippen LogP) is 5.50. The molecule has 268 valence electrons. The van der Waals surface area contributed by atoms with E-state index in [9.17, 15) is 26.4 Å². The van der Waals surface area contributed by atoms with Crippen LogP contribution in [0.3, 0.4) is 0 Å². The van der Waals surface area contributed by atoms with Gasteiger partial charge in [-0.05, 0) is 24.0 Å². The summed E-state index contributed by atoms with van der Waals surface area (Å²) in [6.45, 7) is 3.10. The second kappa shape index (κ2) is 23.9. The SMILES string of the molecule is C.CS(=O)(=O)Cl.CS(=O)(=O)OC[C@@H]1CCN(C(=O)OCc2ccccc2)C1.ClCCl.O=C(OCc1ccccc1)N1CC[C@@H](CO)C1. The first-order valence-electron chi connectivity index (χ1n) is 14.0. The summed E-state index contributed by atoms with van der Waals surface area (Å²) in [6, 6.07) is 19.1. The highest BCUT2D eigenvalue weighted by Crippen LogP contribution is 2.19. The minimum atomic E-state index is -3.43. The lowest BCUT2D eigenvalue weighted by atomic mass is 10.1. The fourth-order valence-electron chi connectivity index (χ4n) is 4.12. The highest BCUT2D eigenvalue weighted by molar-refractivity contribution is 8.13. The summed E-state index contributed by atoms with van der Waals surface area (Å²) >= 11 is 9.53. The second-order valence-corrected chi connectivity index (χ2v) is 15.7. The molecule has 2 aromatic carbocycles. The van der Waals surface area contributed by atoms with E-state index in [1.165, 1.54) is 0 Å². The zero-order valence-corrected chi connectivity index (χ0v) is 29.6. The quantitative estimate of drug-likeness (QED) is 0.207. The fourth-order valence-corrected chi connectivity index (χ4v) is 4.56. The van der Waals surface area contributed by atoms with Crippen LogP contribution < -0.4 is 0 Å².